The van der Waals surface area contributed by atoms with Crippen LogP contribution in [0.2, 0.25) is 5.02 Å². The van der Waals surface area contributed by atoms with Gasteiger partial charge in [-0.2, -0.15) is 5.10 Å². The molecule has 1 aromatic heterocycles. The van der Waals surface area contributed by atoms with Crippen molar-refractivity contribution >= 4 is 29.1 Å². The maximum absolute atomic E-state index is 12.5. The molecule has 1 aliphatic carbocycles. The molecule has 1 heterocycles. The maximum Gasteiger partial charge on any atom is 0.267 e. The number of carbonyl (C=O) groups excluding carboxylic acids is 2. The van der Waals surface area contributed by atoms with E-state index in [2.05, 4.69) is 15.7 Å². The standard InChI is InChI=1S/C22H19ClN4O3/c23-18-7-2-1-6-17(18)19-10-11-21(29)27(26-19)13-20(28)24-16-5-3-4-14(12-16)22(30)25-15-8-9-15/h1-7,10-12,15H,8-9,13H2,(H,24,28)(H,25,30). The van der Waals surface area contributed by atoms with Gasteiger partial charge in [-0.05, 0) is 43.2 Å². The molecule has 0 spiro atoms. The van der Waals surface area contributed by atoms with Gasteiger partial charge in [0.25, 0.3) is 11.5 Å². The predicted octanol–water partition coefficient (Wildman–Crippen LogP) is 3.09. The summed E-state index contributed by atoms with van der Waals surface area (Å²) in [6.45, 7) is -0.268. The fraction of sp³-hybridized carbons (Fsp3) is 0.182. The molecule has 1 fully saturated rings. The Hall–Kier alpha value is -3.45. The molecule has 3 aromatic rings. The quantitative estimate of drug-likeness (QED) is 0.638. The number of nitrogens with zero attached hydrogens (tertiary/aromatic N) is 2. The number of rotatable bonds is 6. The Labute approximate surface area is 177 Å². The van der Waals surface area contributed by atoms with Crippen LogP contribution in [0.15, 0.2) is 65.5 Å². The van der Waals surface area contributed by atoms with E-state index < -0.39 is 11.5 Å². The number of hydrogen-bond donors (Lipinski definition) is 2. The molecule has 0 atom stereocenters. The monoisotopic (exact) mass is 422 g/mol. The summed E-state index contributed by atoms with van der Waals surface area (Å²) in [4.78, 5) is 36.8. The van der Waals surface area contributed by atoms with Crippen molar-refractivity contribution in [1.82, 2.24) is 15.1 Å². The Morgan fingerprint density at radius 1 is 1.07 bits per heavy atom. The number of nitrogens with one attached hydrogen (secondary N) is 2. The number of anilines is 1. The molecule has 2 amide bonds. The summed E-state index contributed by atoms with van der Waals surface area (Å²) in [5.74, 6) is -0.598. The Morgan fingerprint density at radius 2 is 1.87 bits per heavy atom. The molecule has 2 N–H and O–H groups in total. The zero-order valence-corrected chi connectivity index (χ0v) is 16.7. The van der Waals surface area contributed by atoms with Crippen molar-refractivity contribution in [2.24, 2.45) is 0 Å². The van der Waals surface area contributed by atoms with Crippen molar-refractivity contribution in [3.8, 4) is 11.3 Å². The highest BCUT2D eigenvalue weighted by Crippen LogP contribution is 2.25. The van der Waals surface area contributed by atoms with Gasteiger partial charge in [-0.1, -0.05) is 35.9 Å². The Bertz CT molecular complexity index is 1170. The van der Waals surface area contributed by atoms with Crippen molar-refractivity contribution < 1.29 is 9.59 Å². The third-order valence-electron chi connectivity index (χ3n) is 4.63. The molecule has 8 heteroatoms. The number of amides is 2. The zero-order valence-electron chi connectivity index (χ0n) is 16.0. The van der Waals surface area contributed by atoms with Crippen LogP contribution in [0, 0.1) is 0 Å². The number of halogens is 1. The zero-order chi connectivity index (χ0) is 21.1. The van der Waals surface area contributed by atoms with E-state index >= 15 is 0 Å². The van der Waals surface area contributed by atoms with Gasteiger partial charge in [-0.3, -0.25) is 14.4 Å². The molecule has 1 aliphatic rings. The summed E-state index contributed by atoms with van der Waals surface area (Å²) in [6, 6.07) is 17.0. The lowest BCUT2D eigenvalue weighted by Crippen LogP contribution is -2.29. The van der Waals surface area contributed by atoms with Gasteiger partial charge in [-0.15, -0.1) is 0 Å². The molecule has 152 valence electrons. The summed E-state index contributed by atoms with van der Waals surface area (Å²) in [7, 11) is 0. The third-order valence-corrected chi connectivity index (χ3v) is 4.96. The van der Waals surface area contributed by atoms with Crippen LogP contribution in [0.4, 0.5) is 5.69 Å². The van der Waals surface area contributed by atoms with Gasteiger partial charge in [0.1, 0.15) is 6.54 Å². The molecule has 7 nitrogen and oxygen atoms in total. The Kier molecular flexibility index (Phi) is 5.63. The second kappa shape index (κ2) is 8.51. The Morgan fingerprint density at radius 3 is 2.63 bits per heavy atom. The normalized spacial score (nSPS) is 13.0. The smallest absolute Gasteiger partial charge is 0.267 e. The van der Waals surface area contributed by atoms with Crippen LogP contribution in [0.1, 0.15) is 23.2 Å². The minimum absolute atomic E-state index is 0.168. The van der Waals surface area contributed by atoms with E-state index in [9.17, 15) is 14.4 Å². The van der Waals surface area contributed by atoms with Crippen molar-refractivity contribution in [3.05, 3.63) is 81.6 Å². The number of benzene rings is 2. The molecule has 0 unspecified atom stereocenters. The SMILES string of the molecule is O=C(Cn1nc(-c2ccccc2Cl)ccc1=O)Nc1cccc(C(=O)NC2CC2)c1. The van der Waals surface area contributed by atoms with Crippen molar-refractivity contribution in [2.45, 2.75) is 25.4 Å². The first kappa shape index (κ1) is 19.8. The van der Waals surface area contributed by atoms with Crippen LogP contribution in [-0.4, -0.2) is 27.6 Å². The fourth-order valence-corrected chi connectivity index (χ4v) is 3.18. The van der Waals surface area contributed by atoms with Gasteiger partial charge in [0.2, 0.25) is 5.91 Å². The molecule has 0 saturated heterocycles. The minimum Gasteiger partial charge on any atom is -0.349 e. The topological polar surface area (TPSA) is 93.1 Å². The van der Waals surface area contributed by atoms with E-state index in [1.54, 1.807) is 48.5 Å². The molecule has 1 saturated carbocycles. The lowest BCUT2D eigenvalue weighted by molar-refractivity contribution is -0.117. The maximum atomic E-state index is 12.5. The summed E-state index contributed by atoms with van der Waals surface area (Å²) < 4.78 is 1.08. The minimum atomic E-state index is -0.430. The molecule has 0 aliphatic heterocycles. The molecular formula is C22H19ClN4O3. The first-order valence-electron chi connectivity index (χ1n) is 9.53. The molecule has 30 heavy (non-hydrogen) atoms. The number of aromatic nitrogens is 2. The largest absolute Gasteiger partial charge is 0.349 e. The molecule has 4 rings (SSSR count). The van der Waals surface area contributed by atoms with E-state index in [4.69, 9.17) is 11.6 Å². The van der Waals surface area contributed by atoms with E-state index in [1.165, 1.54) is 6.07 Å². The van der Waals surface area contributed by atoms with E-state index in [0.29, 0.717) is 27.5 Å². The molecule has 2 aromatic carbocycles. The van der Waals surface area contributed by atoms with E-state index in [-0.39, 0.29) is 18.5 Å². The lowest BCUT2D eigenvalue weighted by atomic mass is 10.1. The van der Waals surface area contributed by atoms with Crippen LogP contribution in [0.3, 0.4) is 0 Å². The first-order chi connectivity index (χ1) is 14.5. The van der Waals surface area contributed by atoms with Crippen LogP contribution in [0.25, 0.3) is 11.3 Å². The second-order valence-corrected chi connectivity index (χ2v) is 7.48. The average Bonchev–Trinajstić information content (AvgIpc) is 3.54. The second-order valence-electron chi connectivity index (χ2n) is 7.07. The van der Waals surface area contributed by atoms with Gasteiger partial charge >= 0.3 is 0 Å². The van der Waals surface area contributed by atoms with Gasteiger partial charge in [0.05, 0.1) is 10.7 Å². The molecule has 0 bridgehead atoms. The molecule has 0 radical (unpaired) electrons. The van der Waals surface area contributed by atoms with Crippen molar-refractivity contribution in [3.63, 3.8) is 0 Å². The predicted molar refractivity (Wildman–Crippen MR) is 115 cm³/mol. The van der Waals surface area contributed by atoms with Crippen LogP contribution < -0.4 is 16.2 Å². The highest BCUT2D eigenvalue weighted by Gasteiger charge is 2.23. The van der Waals surface area contributed by atoms with E-state index in [0.717, 1.165) is 17.5 Å². The van der Waals surface area contributed by atoms with E-state index in [1.807, 2.05) is 6.07 Å². The third kappa shape index (κ3) is 4.75. The van der Waals surface area contributed by atoms with Gasteiger partial charge in [0, 0.05) is 28.9 Å². The Balaban J connectivity index is 1.48. The average molecular weight is 423 g/mol. The number of carbonyl (C=O) groups is 2. The number of hydrogen-bond acceptors (Lipinski definition) is 4. The summed E-state index contributed by atoms with van der Waals surface area (Å²) in [5.41, 5.74) is 1.70. The highest BCUT2D eigenvalue weighted by molar-refractivity contribution is 6.33. The van der Waals surface area contributed by atoms with Crippen LogP contribution in [0.5, 0.6) is 0 Å². The highest BCUT2D eigenvalue weighted by atomic mass is 35.5. The lowest BCUT2D eigenvalue weighted by Gasteiger charge is -2.10. The van der Waals surface area contributed by atoms with Crippen molar-refractivity contribution in [1.29, 1.82) is 0 Å². The fourth-order valence-electron chi connectivity index (χ4n) is 2.95. The van der Waals surface area contributed by atoms with Gasteiger partial charge in [0.15, 0.2) is 0 Å². The van der Waals surface area contributed by atoms with Gasteiger partial charge < -0.3 is 10.6 Å². The molecular weight excluding hydrogens is 404 g/mol. The first-order valence-corrected chi connectivity index (χ1v) is 9.91. The summed E-state index contributed by atoms with van der Waals surface area (Å²) >= 11 is 6.20. The van der Waals surface area contributed by atoms with Crippen LogP contribution >= 0.6 is 11.6 Å². The summed E-state index contributed by atoms with van der Waals surface area (Å²) in [6.07, 6.45) is 1.99. The summed E-state index contributed by atoms with van der Waals surface area (Å²) in [5, 5.41) is 10.4. The van der Waals surface area contributed by atoms with Crippen molar-refractivity contribution in [2.75, 3.05) is 5.32 Å². The van der Waals surface area contributed by atoms with Crippen LogP contribution in [-0.2, 0) is 11.3 Å². The van der Waals surface area contributed by atoms with Gasteiger partial charge in [-0.25, -0.2) is 4.68 Å².